The van der Waals surface area contributed by atoms with E-state index in [2.05, 4.69) is 9.97 Å². The Morgan fingerprint density at radius 2 is 1.76 bits per heavy atom. The van der Waals surface area contributed by atoms with Crippen LogP contribution in [0.5, 0.6) is 0 Å². The fraction of sp³-hybridized carbons (Fsp3) is 0.353. The lowest BCUT2D eigenvalue weighted by Gasteiger charge is -2.18. The summed E-state index contributed by atoms with van der Waals surface area (Å²) in [6, 6.07) is 9.76. The van der Waals surface area contributed by atoms with Crippen LogP contribution in [0.25, 0.3) is 11.4 Å². The number of carbonyl (C=O) groups is 1. The van der Waals surface area contributed by atoms with Crippen molar-refractivity contribution in [1.29, 1.82) is 0 Å². The smallest absolute Gasteiger partial charge is 0.313 e. The van der Waals surface area contributed by atoms with Gasteiger partial charge in [-0.1, -0.05) is 44.2 Å². The van der Waals surface area contributed by atoms with Crippen LogP contribution in [0, 0.1) is 5.92 Å². The fourth-order valence-electron chi connectivity index (χ4n) is 2.26. The molecular weight excluding hydrogens is 264 g/mol. The van der Waals surface area contributed by atoms with Gasteiger partial charge in [-0.3, -0.25) is 4.79 Å². The first kappa shape index (κ1) is 15.2. The normalized spacial score (nSPS) is 12.2. The maximum atomic E-state index is 12.1. The monoisotopic (exact) mass is 284 g/mol. The molecule has 2 rings (SSSR count). The molecule has 0 saturated heterocycles. The Balaban J connectivity index is 2.26. The average molecular weight is 284 g/mol. The molecule has 0 aliphatic carbocycles. The lowest BCUT2D eigenvalue weighted by molar-refractivity contribution is -0.146. The van der Waals surface area contributed by atoms with Crippen molar-refractivity contribution in [2.24, 2.45) is 5.92 Å². The van der Waals surface area contributed by atoms with Gasteiger partial charge < -0.3 is 4.74 Å². The Morgan fingerprint density at radius 1 is 1.14 bits per heavy atom. The molecule has 110 valence electrons. The highest BCUT2D eigenvalue weighted by atomic mass is 16.5. The minimum Gasteiger partial charge on any atom is -0.466 e. The number of benzene rings is 1. The summed E-state index contributed by atoms with van der Waals surface area (Å²) in [5.41, 5.74) is 1.75. The Bertz CT molecular complexity index is 579. The third kappa shape index (κ3) is 3.66. The molecule has 1 aromatic heterocycles. The van der Waals surface area contributed by atoms with E-state index in [1.54, 1.807) is 12.4 Å². The number of nitrogens with zero attached hydrogens (tertiary/aromatic N) is 2. The van der Waals surface area contributed by atoms with Gasteiger partial charge in [0.05, 0.1) is 12.5 Å². The van der Waals surface area contributed by atoms with Crippen LogP contribution in [0.15, 0.2) is 42.7 Å². The maximum Gasteiger partial charge on any atom is 0.313 e. The van der Waals surface area contributed by atoms with E-state index in [0.29, 0.717) is 12.4 Å². The first-order valence-corrected chi connectivity index (χ1v) is 7.17. The molecule has 0 amide bonds. The molecule has 1 heterocycles. The van der Waals surface area contributed by atoms with Gasteiger partial charge in [-0.25, -0.2) is 9.97 Å². The topological polar surface area (TPSA) is 52.1 Å². The van der Waals surface area contributed by atoms with Crippen molar-refractivity contribution in [3.8, 4) is 11.4 Å². The van der Waals surface area contributed by atoms with E-state index < -0.39 is 0 Å². The second-order valence-corrected chi connectivity index (χ2v) is 5.18. The van der Waals surface area contributed by atoms with Crippen LogP contribution >= 0.6 is 0 Å². The highest BCUT2D eigenvalue weighted by molar-refractivity contribution is 5.78. The van der Waals surface area contributed by atoms with Crippen LogP contribution in [0.1, 0.15) is 32.3 Å². The molecule has 0 aliphatic heterocycles. The zero-order valence-corrected chi connectivity index (χ0v) is 12.6. The van der Waals surface area contributed by atoms with E-state index in [0.717, 1.165) is 11.1 Å². The van der Waals surface area contributed by atoms with Gasteiger partial charge in [0.25, 0.3) is 0 Å². The van der Waals surface area contributed by atoms with Crippen LogP contribution in [0.2, 0.25) is 0 Å². The number of rotatable bonds is 5. The van der Waals surface area contributed by atoms with Gasteiger partial charge in [0, 0.05) is 23.5 Å². The maximum absolute atomic E-state index is 12.1. The molecule has 2 aromatic rings. The van der Waals surface area contributed by atoms with Crippen LogP contribution in [-0.4, -0.2) is 22.5 Å². The lowest BCUT2D eigenvalue weighted by atomic mass is 9.90. The summed E-state index contributed by atoms with van der Waals surface area (Å²) >= 11 is 0. The van der Waals surface area contributed by atoms with E-state index in [1.807, 2.05) is 51.1 Å². The van der Waals surface area contributed by atoms with Crippen molar-refractivity contribution in [1.82, 2.24) is 9.97 Å². The summed E-state index contributed by atoms with van der Waals surface area (Å²) in [5, 5.41) is 0. The summed E-state index contributed by atoms with van der Waals surface area (Å²) in [6.45, 7) is 6.18. The van der Waals surface area contributed by atoms with E-state index in [1.165, 1.54) is 0 Å². The Morgan fingerprint density at radius 3 is 2.29 bits per heavy atom. The minimum atomic E-state index is -0.324. The number of esters is 1. The first-order valence-electron chi connectivity index (χ1n) is 7.17. The van der Waals surface area contributed by atoms with Gasteiger partial charge in [-0.2, -0.15) is 0 Å². The van der Waals surface area contributed by atoms with Crippen molar-refractivity contribution >= 4 is 5.97 Å². The zero-order chi connectivity index (χ0) is 15.2. The summed E-state index contributed by atoms with van der Waals surface area (Å²) in [7, 11) is 0. The number of aromatic nitrogens is 2. The molecule has 21 heavy (non-hydrogen) atoms. The highest BCUT2D eigenvalue weighted by Crippen LogP contribution is 2.26. The van der Waals surface area contributed by atoms with Crippen LogP contribution in [0.4, 0.5) is 0 Å². The first-order chi connectivity index (χ1) is 10.1. The van der Waals surface area contributed by atoms with Crippen LogP contribution in [0.3, 0.4) is 0 Å². The van der Waals surface area contributed by atoms with Gasteiger partial charge >= 0.3 is 5.97 Å². The number of ether oxygens (including phenoxy) is 1. The summed E-state index contributed by atoms with van der Waals surface area (Å²) < 4.78 is 5.14. The van der Waals surface area contributed by atoms with Crippen molar-refractivity contribution in [2.45, 2.75) is 26.7 Å². The SMILES string of the molecule is CCOC(=O)C(c1cnc(-c2ccccc2)nc1)C(C)C. The molecule has 0 saturated carbocycles. The molecule has 1 unspecified atom stereocenters. The molecule has 0 fully saturated rings. The largest absolute Gasteiger partial charge is 0.466 e. The molecule has 4 nitrogen and oxygen atoms in total. The molecule has 0 bridgehead atoms. The van der Waals surface area contributed by atoms with Crippen molar-refractivity contribution in [2.75, 3.05) is 6.61 Å². The Labute approximate surface area is 125 Å². The standard InChI is InChI=1S/C17H20N2O2/c1-4-21-17(20)15(12(2)3)14-10-18-16(19-11-14)13-8-6-5-7-9-13/h5-12,15H,4H2,1-3H3. The second kappa shape index (κ2) is 6.97. The van der Waals surface area contributed by atoms with E-state index in [9.17, 15) is 4.79 Å². The highest BCUT2D eigenvalue weighted by Gasteiger charge is 2.26. The average Bonchev–Trinajstić information content (AvgIpc) is 2.49. The van der Waals surface area contributed by atoms with E-state index in [-0.39, 0.29) is 17.8 Å². The van der Waals surface area contributed by atoms with Gasteiger partial charge in [-0.15, -0.1) is 0 Å². The second-order valence-electron chi connectivity index (χ2n) is 5.18. The molecule has 0 radical (unpaired) electrons. The minimum absolute atomic E-state index is 0.134. The third-order valence-corrected chi connectivity index (χ3v) is 3.27. The summed E-state index contributed by atoms with van der Waals surface area (Å²) in [4.78, 5) is 20.8. The predicted octanol–water partition coefficient (Wildman–Crippen LogP) is 3.45. The molecular formula is C17H20N2O2. The van der Waals surface area contributed by atoms with Gasteiger partial charge in [0.15, 0.2) is 5.82 Å². The van der Waals surface area contributed by atoms with Crippen molar-refractivity contribution < 1.29 is 9.53 Å². The molecule has 1 atom stereocenters. The van der Waals surface area contributed by atoms with Gasteiger partial charge in [0.2, 0.25) is 0 Å². The number of hydrogen-bond donors (Lipinski definition) is 0. The van der Waals surface area contributed by atoms with Gasteiger partial charge in [0.1, 0.15) is 0 Å². The summed E-state index contributed by atoms with van der Waals surface area (Å²) in [6.07, 6.45) is 3.44. The number of hydrogen-bond acceptors (Lipinski definition) is 4. The summed E-state index contributed by atoms with van der Waals surface area (Å²) in [5.74, 6) is 0.249. The number of carbonyl (C=O) groups excluding carboxylic acids is 1. The lowest BCUT2D eigenvalue weighted by Crippen LogP contribution is -2.21. The fourth-order valence-corrected chi connectivity index (χ4v) is 2.26. The molecule has 0 spiro atoms. The molecule has 0 N–H and O–H groups in total. The third-order valence-electron chi connectivity index (χ3n) is 3.27. The molecule has 0 aliphatic rings. The van der Waals surface area contributed by atoms with Crippen LogP contribution in [-0.2, 0) is 9.53 Å². The zero-order valence-electron chi connectivity index (χ0n) is 12.6. The quantitative estimate of drug-likeness (QED) is 0.789. The van der Waals surface area contributed by atoms with E-state index >= 15 is 0 Å². The Hall–Kier alpha value is -2.23. The molecule has 1 aromatic carbocycles. The Kier molecular flexibility index (Phi) is 5.04. The predicted molar refractivity (Wildman–Crippen MR) is 81.7 cm³/mol. The van der Waals surface area contributed by atoms with E-state index in [4.69, 9.17) is 4.74 Å². The molecule has 4 heteroatoms. The van der Waals surface area contributed by atoms with Crippen molar-refractivity contribution in [3.63, 3.8) is 0 Å². The van der Waals surface area contributed by atoms with Gasteiger partial charge in [-0.05, 0) is 12.8 Å². The van der Waals surface area contributed by atoms with Crippen LogP contribution < -0.4 is 0 Å². The van der Waals surface area contributed by atoms with Crippen molar-refractivity contribution in [3.05, 3.63) is 48.3 Å².